The summed E-state index contributed by atoms with van der Waals surface area (Å²) in [5.74, 6) is 1.62. The van der Waals surface area contributed by atoms with Crippen LogP contribution in [-0.2, 0) is 11.2 Å². The number of hydrogen-bond acceptors (Lipinski definition) is 6. The maximum absolute atomic E-state index is 12.7. The van der Waals surface area contributed by atoms with Gasteiger partial charge in [-0.15, -0.1) is 0 Å². The van der Waals surface area contributed by atoms with Gasteiger partial charge in [0.05, 0.1) is 11.7 Å². The first kappa shape index (κ1) is 17.7. The van der Waals surface area contributed by atoms with Gasteiger partial charge in [-0.05, 0) is 25.0 Å². The number of rotatable bonds is 5. The Morgan fingerprint density at radius 2 is 2.04 bits per heavy atom. The number of benzene rings is 1. The fourth-order valence-electron chi connectivity index (χ4n) is 4.18. The van der Waals surface area contributed by atoms with Crippen molar-refractivity contribution in [3.8, 4) is 0 Å². The molecule has 2 aliphatic heterocycles. The van der Waals surface area contributed by atoms with Crippen molar-refractivity contribution in [1.29, 1.82) is 0 Å². The molecule has 1 amide bonds. The Morgan fingerprint density at radius 3 is 2.74 bits per heavy atom. The summed E-state index contributed by atoms with van der Waals surface area (Å²) in [5.41, 5.74) is 8.72. The molecule has 2 bridgehead atoms. The molecule has 0 saturated carbocycles. The van der Waals surface area contributed by atoms with E-state index in [2.05, 4.69) is 5.32 Å². The summed E-state index contributed by atoms with van der Waals surface area (Å²) >= 11 is 0. The fourth-order valence-corrected chi connectivity index (χ4v) is 4.18. The van der Waals surface area contributed by atoms with Gasteiger partial charge in [0, 0.05) is 50.8 Å². The third kappa shape index (κ3) is 3.23. The molecular weight excluding hydrogens is 340 g/mol. The molecule has 0 spiro atoms. The Labute approximate surface area is 159 Å². The second-order valence-electron chi connectivity index (χ2n) is 7.41. The fraction of sp³-hybridized carbons (Fsp3) is 0.450. The van der Waals surface area contributed by atoms with Gasteiger partial charge < -0.3 is 20.9 Å². The lowest BCUT2D eigenvalue weighted by atomic mass is 9.97. The molecule has 1 aromatic heterocycles. The molecule has 2 atom stereocenters. The van der Waals surface area contributed by atoms with Crippen LogP contribution >= 0.6 is 0 Å². The van der Waals surface area contributed by atoms with Crippen molar-refractivity contribution in [2.45, 2.75) is 37.8 Å². The van der Waals surface area contributed by atoms with Crippen LogP contribution in [0.4, 0.5) is 17.5 Å². The van der Waals surface area contributed by atoms with Crippen molar-refractivity contribution in [3.63, 3.8) is 0 Å². The van der Waals surface area contributed by atoms with Crippen LogP contribution in [0.25, 0.3) is 0 Å². The highest BCUT2D eigenvalue weighted by atomic mass is 16.2. The first-order valence-electron chi connectivity index (χ1n) is 9.50. The van der Waals surface area contributed by atoms with Crippen molar-refractivity contribution in [2.24, 2.45) is 5.73 Å². The molecule has 1 aromatic carbocycles. The molecule has 2 aromatic rings. The van der Waals surface area contributed by atoms with Gasteiger partial charge in [0.1, 0.15) is 5.82 Å². The summed E-state index contributed by atoms with van der Waals surface area (Å²) in [7, 11) is 3.89. The Balaban J connectivity index is 1.78. The number of hydrogen-bond donors (Lipinski definition) is 2. The Kier molecular flexibility index (Phi) is 4.70. The van der Waals surface area contributed by atoms with Gasteiger partial charge >= 0.3 is 0 Å². The van der Waals surface area contributed by atoms with Crippen LogP contribution in [0.5, 0.6) is 0 Å². The van der Waals surface area contributed by atoms with Gasteiger partial charge in [0.25, 0.3) is 0 Å². The van der Waals surface area contributed by atoms with E-state index < -0.39 is 0 Å². The van der Waals surface area contributed by atoms with Crippen LogP contribution in [0.2, 0.25) is 0 Å². The molecule has 7 nitrogen and oxygen atoms in total. The summed E-state index contributed by atoms with van der Waals surface area (Å²) in [5, 5.41) is 3.46. The molecule has 27 heavy (non-hydrogen) atoms. The molecule has 2 aliphatic rings. The molecule has 0 radical (unpaired) electrons. The predicted molar refractivity (Wildman–Crippen MR) is 106 cm³/mol. The molecule has 4 rings (SSSR count). The molecule has 3 N–H and O–H groups in total. The Hall–Kier alpha value is -2.67. The van der Waals surface area contributed by atoms with Crippen LogP contribution < -0.4 is 16.0 Å². The van der Waals surface area contributed by atoms with Crippen molar-refractivity contribution < 1.29 is 4.79 Å². The average Bonchev–Trinajstić information content (AvgIpc) is 2.96. The van der Waals surface area contributed by atoms with E-state index in [4.69, 9.17) is 15.7 Å². The second-order valence-corrected chi connectivity index (χ2v) is 7.41. The van der Waals surface area contributed by atoms with Crippen molar-refractivity contribution in [2.75, 3.05) is 30.9 Å². The topological polar surface area (TPSA) is 87.4 Å². The highest BCUT2D eigenvalue weighted by Gasteiger charge is 2.44. The normalized spacial score (nSPS) is 20.3. The summed E-state index contributed by atoms with van der Waals surface area (Å²) < 4.78 is 0. The lowest BCUT2D eigenvalue weighted by Crippen LogP contribution is -2.43. The molecule has 1 saturated heterocycles. The van der Waals surface area contributed by atoms with Crippen LogP contribution in [0, 0.1) is 0 Å². The zero-order valence-electron chi connectivity index (χ0n) is 15.9. The van der Waals surface area contributed by atoms with Crippen LogP contribution in [0.15, 0.2) is 30.3 Å². The Morgan fingerprint density at radius 1 is 1.26 bits per heavy atom. The van der Waals surface area contributed by atoms with E-state index in [-0.39, 0.29) is 18.0 Å². The van der Waals surface area contributed by atoms with Crippen molar-refractivity contribution >= 4 is 23.4 Å². The minimum absolute atomic E-state index is 0.0280. The number of amides is 1. The summed E-state index contributed by atoms with van der Waals surface area (Å²) in [6, 6.07) is 10.2. The maximum Gasteiger partial charge on any atom is 0.227 e. The minimum atomic E-state index is 0.0280. The molecule has 3 heterocycles. The maximum atomic E-state index is 12.7. The van der Waals surface area contributed by atoms with Crippen LogP contribution in [-0.4, -0.2) is 47.5 Å². The number of carbonyl (C=O) groups is 1. The van der Waals surface area contributed by atoms with Gasteiger partial charge in [-0.25, -0.2) is 4.98 Å². The number of fused-ring (bicyclic) bond motifs is 4. The third-order valence-electron chi connectivity index (χ3n) is 5.36. The standard InChI is InChI=1S/C20H26N6O/c1-25(2)20-23-15-12-14-8-9-16(26(14)17(27)10-11-21)18(15)19(24-20)22-13-6-4-3-5-7-13/h3-7,14,16H,8-12,21H2,1-2H3,(H,22,23,24)/t14-,16+/m0/s1. The number of nitrogens with zero attached hydrogens (tertiary/aromatic N) is 4. The zero-order chi connectivity index (χ0) is 19.0. The van der Waals surface area contributed by atoms with Gasteiger partial charge in [-0.3, -0.25) is 4.79 Å². The van der Waals surface area contributed by atoms with Crippen LogP contribution in [0.1, 0.15) is 36.6 Å². The van der Waals surface area contributed by atoms with Gasteiger partial charge in [-0.2, -0.15) is 4.98 Å². The Bertz CT molecular complexity index is 838. The van der Waals surface area contributed by atoms with Crippen LogP contribution in [0.3, 0.4) is 0 Å². The monoisotopic (exact) mass is 366 g/mol. The van der Waals surface area contributed by atoms with E-state index in [1.165, 1.54) is 0 Å². The van der Waals surface area contributed by atoms with E-state index in [1.54, 1.807) is 0 Å². The lowest BCUT2D eigenvalue weighted by Gasteiger charge is -2.37. The van der Waals surface area contributed by atoms with Crippen molar-refractivity contribution in [3.05, 3.63) is 41.6 Å². The lowest BCUT2D eigenvalue weighted by molar-refractivity contribution is -0.134. The third-order valence-corrected chi connectivity index (χ3v) is 5.36. The number of aromatic nitrogens is 2. The highest BCUT2D eigenvalue weighted by molar-refractivity contribution is 5.79. The van der Waals surface area contributed by atoms with E-state index in [0.29, 0.717) is 18.9 Å². The smallest absolute Gasteiger partial charge is 0.227 e. The first-order chi connectivity index (χ1) is 13.1. The number of anilines is 3. The first-order valence-corrected chi connectivity index (χ1v) is 9.50. The average molecular weight is 366 g/mol. The van der Waals surface area contributed by atoms with Crippen molar-refractivity contribution in [1.82, 2.24) is 14.9 Å². The molecule has 0 aliphatic carbocycles. The number of carbonyl (C=O) groups excluding carboxylic acids is 1. The minimum Gasteiger partial charge on any atom is -0.347 e. The number of para-hydroxylation sites is 1. The van der Waals surface area contributed by atoms with E-state index in [0.717, 1.165) is 42.0 Å². The summed E-state index contributed by atoms with van der Waals surface area (Å²) in [6.07, 6.45) is 3.11. The summed E-state index contributed by atoms with van der Waals surface area (Å²) in [6.45, 7) is 0.382. The SMILES string of the molecule is CN(C)c1nc2c(c(Nc3ccccc3)n1)[C@H]1CC[C@@H](C2)N1C(=O)CCN. The molecular formula is C20H26N6O. The highest BCUT2D eigenvalue weighted by Crippen LogP contribution is 2.46. The number of nitrogens with two attached hydrogens (primary N) is 1. The molecule has 1 fully saturated rings. The van der Waals surface area contributed by atoms with Gasteiger partial charge in [-0.1, -0.05) is 18.2 Å². The second kappa shape index (κ2) is 7.15. The number of nitrogens with one attached hydrogen (secondary N) is 1. The van der Waals surface area contributed by atoms with E-state index in [9.17, 15) is 4.79 Å². The van der Waals surface area contributed by atoms with E-state index in [1.807, 2.05) is 54.2 Å². The largest absolute Gasteiger partial charge is 0.347 e. The summed E-state index contributed by atoms with van der Waals surface area (Å²) in [4.78, 5) is 26.2. The molecule has 7 heteroatoms. The van der Waals surface area contributed by atoms with Gasteiger partial charge in [0.2, 0.25) is 11.9 Å². The quantitative estimate of drug-likeness (QED) is 0.844. The molecule has 0 unspecified atom stereocenters. The zero-order valence-corrected chi connectivity index (χ0v) is 15.9. The van der Waals surface area contributed by atoms with Gasteiger partial charge in [0.15, 0.2) is 0 Å². The van der Waals surface area contributed by atoms with E-state index >= 15 is 0 Å². The molecule has 142 valence electrons. The predicted octanol–water partition coefficient (Wildman–Crippen LogP) is 2.22.